The van der Waals surface area contributed by atoms with E-state index < -0.39 is 43.9 Å². The summed E-state index contributed by atoms with van der Waals surface area (Å²) in [7, 11) is -2.40. The van der Waals surface area contributed by atoms with Crippen molar-refractivity contribution in [2.24, 2.45) is 0 Å². The van der Waals surface area contributed by atoms with Crippen LogP contribution in [0.3, 0.4) is 0 Å². The summed E-state index contributed by atoms with van der Waals surface area (Å²) < 4.78 is 52.6. The number of rotatable bonds is 7. The lowest BCUT2D eigenvalue weighted by molar-refractivity contribution is -0.149. The van der Waals surface area contributed by atoms with Crippen LogP contribution in [-0.4, -0.2) is 75.0 Å². The number of aryl methyl sites for hydroxylation is 1. The number of halogens is 2. The van der Waals surface area contributed by atoms with Gasteiger partial charge in [-0.3, -0.25) is 18.4 Å². The number of hydrogen-bond acceptors (Lipinski definition) is 10. The molecule has 0 saturated carbocycles. The Bertz CT molecular complexity index is 1140. The van der Waals surface area contributed by atoms with Crippen molar-refractivity contribution in [3.8, 4) is 0 Å². The standard InChI is InChI=1S/C19H27ClFN6O6P/c1-9(2)31-18(28)10(3)26-34(29)30-7-19(6-20)14(33-34)12(21)17(32-19)27-8-23-13-15(22-5)24-11(4)25-16(13)27/h8-10,12,14,17H,6-7H2,1-5H3,(H,26,29)(H,22,24,25)/t10-,12-,14-,17+,19+,34?/m0/s1. The SMILES string of the molecule is CNc1nc(C)nc2c1ncn2[C@@H]1O[C@]2(CCl)COP(=O)(N[C@@H](C)C(=O)OC(C)C)O[C@H]2[C@@H]1F. The summed E-state index contributed by atoms with van der Waals surface area (Å²) in [6.07, 6.45) is -3.36. The lowest BCUT2D eigenvalue weighted by Gasteiger charge is -2.39. The number of alkyl halides is 2. The maximum atomic E-state index is 15.8. The maximum absolute atomic E-state index is 15.8. The third-order valence-corrected chi connectivity index (χ3v) is 7.62. The van der Waals surface area contributed by atoms with Gasteiger partial charge in [-0.2, -0.15) is 0 Å². The Balaban J connectivity index is 1.61. The van der Waals surface area contributed by atoms with Crippen LogP contribution in [0.1, 0.15) is 32.8 Å². The first kappa shape index (κ1) is 25.2. The molecule has 188 valence electrons. The van der Waals surface area contributed by atoms with Crippen LogP contribution in [0.25, 0.3) is 11.2 Å². The van der Waals surface area contributed by atoms with Crippen LogP contribution < -0.4 is 10.4 Å². The predicted octanol–water partition coefficient (Wildman–Crippen LogP) is 2.47. The van der Waals surface area contributed by atoms with Crippen molar-refractivity contribution in [3.63, 3.8) is 0 Å². The monoisotopic (exact) mass is 520 g/mol. The number of imidazole rings is 1. The summed E-state index contributed by atoms with van der Waals surface area (Å²) in [6.45, 7) is 6.19. The molecule has 2 fully saturated rings. The maximum Gasteiger partial charge on any atom is 0.406 e. The molecule has 4 rings (SSSR count). The van der Waals surface area contributed by atoms with Crippen molar-refractivity contribution in [2.45, 2.75) is 63.9 Å². The number of ether oxygens (including phenoxy) is 2. The van der Waals surface area contributed by atoms with E-state index in [0.29, 0.717) is 22.8 Å². The minimum atomic E-state index is -4.09. The van der Waals surface area contributed by atoms with Gasteiger partial charge < -0.3 is 14.8 Å². The molecule has 2 aromatic heterocycles. The molecule has 1 unspecified atom stereocenters. The van der Waals surface area contributed by atoms with Gasteiger partial charge in [0.2, 0.25) is 0 Å². The molecule has 2 aromatic rings. The van der Waals surface area contributed by atoms with Crippen LogP contribution in [0.2, 0.25) is 0 Å². The Labute approximate surface area is 200 Å². The fourth-order valence-electron chi connectivity index (χ4n) is 3.89. The lowest BCUT2D eigenvalue weighted by atomic mass is 9.99. The number of nitrogens with one attached hydrogen (secondary N) is 2. The van der Waals surface area contributed by atoms with Gasteiger partial charge in [0.1, 0.15) is 23.6 Å². The van der Waals surface area contributed by atoms with Crippen LogP contribution in [0, 0.1) is 6.92 Å². The zero-order valence-electron chi connectivity index (χ0n) is 19.3. The Hall–Kier alpha value is -1.89. The Morgan fingerprint density at radius 2 is 2.18 bits per heavy atom. The highest BCUT2D eigenvalue weighted by Gasteiger charge is 2.63. The second-order valence-electron chi connectivity index (χ2n) is 8.48. The van der Waals surface area contributed by atoms with Crippen molar-refractivity contribution in [1.29, 1.82) is 0 Å². The number of hydrogen-bond donors (Lipinski definition) is 2. The summed E-state index contributed by atoms with van der Waals surface area (Å²) in [5, 5.41) is 5.43. The molecule has 2 aliphatic heterocycles. The minimum Gasteiger partial charge on any atom is -0.462 e. The van der Waals surface area contributed by atoms with Crippen molar-refractivity contribution in [1.82, 2.24) is 24.6 Å². The molecule has 0 aromatic carbocycles. The Morgan fingerprint density at radius 1 is 1.44 bits per heavy atom. The van der Waals surface area contributed by atoms with Crippen molar-refractivity contribution in [2.75, 3.05) is 24.9 Å². The molecule has 2 saturated heterocycles. The zero-order valence-corrected chi connectivity index (χ0v) is 21.0. The van der Waals surface area contributed by atoms with E-state index in [1.807, 2.05) is 0 Å². The molecule has 0 aliphatic carbocycles. The third-order valence-electron chi connectivity index (χ3n) is 5.49. The van der Waals surface area contributed by atoms with E-state index in [9.17, 15) is 9.36 Å². The number of esters is 1. The summed E-state index contributed by atoms with van der Waals surface area (Å²) in [4.78, 5) is 25.1. The fourth-order valence-corrected chi connectivity index (χ4v) is 5.96. The highest BCUT2D eigenvalue weighted by atomic mass is 35.5. The van der Waals surface area contributed by atoms with Gasteiger partial charge in [-0.25, -0.2) is 29.0 Å². The number of carbonyl (C=O) groups excluding carboxylic acids is 1. The molecule has 0 spiro atoms. The van der Waals surface area contributed by atoms with Gasteiger partial charge in [0.05, 0.1) is 24.9 Å². The van der Waals surface area contributed by atoms with E-state index in [-0.39, 0.29) is 18.6 Å². The van der Waals surface area contributed by atoms with Gasteiger partial charge in [-0.05, 0) is 27.7 Å². The Morgan fingerprint density at radius 3 is 2.82 bits per heavy atom. The average Bonchev–Trinajstić information content (AvgIpc) is 3.31. The molecule has 12 nitrogen and oxygen atoms in total. The number of nitrogens with zero attached hydrogens (tertiary/aromatic N) is 4. The summed E-state index contributed by atoms with van der Waals surface area (Å²) >= 11 is 6.17. The predicted molar refractivity (Wildman–Crippen MR) is 120 cm³/mol. The summed E-state index contributed by atoms with van der Waals surface area (Å²) in [5.41, 5.74) is -0.645. The molecular weight excluding hydrogens is 494 g/mol. The fraction of sp³-hybridized carbons (Fsp3) is 0.684. The zero-order chi connectivity index (χ0) is 24.8. The summed E-state index contributed by atoms with van der Waals surface area (Å²) in [6, 6.07) is -1.02. The van der Waals surface area contributed by atoms with Gasteiger partial charge in [0.15, 0.2) is 29.4 Å². The molecule has 6 atom stereocenters. The van der Waals surface area contributed by atoms with Crippen LogP contribution >= 0.6 is 19.3 Å². The second kappa shape index (κ2) is 9.29. The molecule has 4 heterocycles. The van der Waals surface area contributed by atoms with Crippen LogP contribution in [0.15, 0.2) is 6.33 Å². The number of fused-ring (bicyclic) bond motifs is 2. The quantitative estimate of drug-likeness (QED) is 0.316. The van der Waals surface area contributed by atoms with Crippen molar-refractivity contribution < 1.29 is 32.3 Å². The van der Waals surface area contributed by atoms with E-state index >= 15 is 4.39 Å². The molecule has 2 N–H and O–H groups in total. The normalized spacial score (nSPS) is 32.1. The first-order valence-electron chi connectivity index (χ1n) is 10.7. The van der Waals surface area contributed by atoms with Gasteiger partial charge in [-0.1, -0.05) is 0 Å². The van der Waals surface area contributed by atoms with E-state index in [4.69, 9.17) is 30.1 Å². The molecule has 0 radical (unpaired) electrons. The molecule has 2 aliphatic rings. The Kier molecular flexibility index (Phi) is 6.89. The average molecular weight is 521 g/mol. The molecular formula is C19H27ClFN6O6P. The van der Waals surface area contributed by atoms with Gasteiger partial charge >= 0.3 is 13.7 Å². The lowest BCUT2D eigenvalue weighted by Crippen LogP contribution is -2.53. The van der Waals surface area contributed by atoms with E-state index in [0.717, 1.165) is 0 Å². The third kappa shape index (κ3) is 4.40. The van der Waals surface area contributed by atoms with Crippen LogP contribution in [0.5, 0.6) is 0 Å². The number of carbonyl (C=O) groups is 1. The van der Waals surface area contributed by atoms with Crippen molar-refractivity contribution in [3.05, 3.63) is 12.2 Å². The van der Waals surface area contributed by atoms with E-state index in [1.54, 1.807) is 27.8 Å². The van der Waals surface area contributed by atoms with Gasteiger partial charge in [0.25, 0.3) is 0 Å². The topological polar surface area (TPSA) is 139 Å². The summed E-state index contributed by atoms with van der Waals surface area (Å²) in [5.74, 6) is 0.0908. The molecule has 0 amide bonds. The van der Waals surface area contributed by atoms with Crippen molar-refractivity contribution >= 4 is 42.3 Å². The number of anilines is 1. The van der Waals surface area contributed by atoms with Gasteiger partial charge in [-0.15, -0.1) is 11.6 Å². The smallest absolute Gasteiger partial charge is 0.406 e. The first-order chi connectivity index (χ1) is 16.0. The van der Waals surface area contributed by atoms with E-state index in [2.05, 4.69) is 25.4 Å². The van der Waals surface area contributed by atoms with Gasteiger partial charge in [0, 0.05) is 7.05 Å². The highest BCUT2D eigenvalue weighted by molar-refractivity contribution is 7.51. The van der Waals surface area contributed by atoms with Crippen LogP contribution in [0.4, 0.5) is 10.2 Å². The van der Waals surface area contributed by atoms with E-state index in [1.165, 1.54) is 17.8 Å². The molecule has 0 bridgehead atoms. The highest BCUT2D eigenvalue weighted by Crippen LogP contribution is 2.57. The first-order valence-corrected chi connectivity index (χ1v) is 12.8. The number of aromatic nitrogens is 4. The minimum absolute atomic E-state index is 0.193. The second-order valence-corrected chi connectivity index (χ2v) is 10.5. The molecule has 15 heteroatoms. The molecule has 34 heavy (non-hydrogen) atoms. The largest absolute Gasteiger partial charge is 0.462 e. The van der Waals surface area contributed by atoms with Crippen LogP contribution in [-0.2, 0) is 27.9 Å².